The number of methoxy groups -OCH3 is 2. The van der Waals surface area contributed by atoms with Crippen LogP contribution in [0.4, 0.5) is 0 Å². The zero-order valence-electron chi connectivity index (χ0n) is 13.5. The quantitative estimate of drug-likeness (QED) is 0.765. The minimum atomic E-state index is 0.205. The first-order valence-electron chi connectivity index (χ1n) is 7.43. The van der Waals surface area contributed by atoms with E-state index in [1.165, 1.54) is 6.42 Å². The molecule has 1 rings (SSSR count). The maximum absolute atomic E-state index is 5.51. The number of rotatable bonds is 7. The molecule has 19 heavy (non-hydrogen) atoms. The summed E-state index contributed by atoms with van der Waals surface area (Å²) in [6, 6.07) is 0.501. The summed E-state index contributed by atoms with van der Waals surface area (Å²) in [5.41, 5.74) is 0.267. The summed E-state index contributed by atoms with van der Waals surface area (Å²) in [5, 5.41) is 3.68. The summed E-state index contributed by atoms with van der Waals surface area (Å²) in [6.45, 7) is 13.2. The molecular weight excluding hydrogens is 240 g/mol. The lowest BCUT2D eigenvalue weighted by Crippen LogP contribution is -2.48. The highest BCUT2D eigenvalue weighted by molar-refractivity contribution is 4.90. The van der Waals surface area contributed by atoms with Crippen molar-refractivity contribution in [2.75, 3.05) is 40.4 Å². The third-order valence-corrected chi connectivity index (χ3v) is 4.02. The molecule has 0 aromatic rings. The van der Waals surface area contributed by atoms with E-state index in [9.17, 15) is 0 Å². The van der Waals surface area contributed by atoms with Crippen LogP contribution in [-0.4, -0.2) is 63.5 Å². The van der Waals surface area contributed by atoms with Crippen molar-refractivity contribution in [1.82, 2.24) is 10.2 Å². The van der Waals surface area contributed by atoms with Crippen LogP contribution < -0.4 is 5.32 Å². The van der Waals surface area contributed by atoms with Crippen molar-refractivity contribution >= 4 is 0 Å². The Balaban J connectivity index is 2.55. The molecule has 1 aliphatic heterocycles. The van der Waals surface area contributed by atoms with Crippen molar-refractivity contribution in [3.8, 4) is 0 Å². The van der Waals surface area contributed by atoms with Crippen LogP contribution >= 0.6 is 0 Å². The average molecular weight is 272 g/mol. The molecule has 1 saturated heterocycles. The molecule has 0 saturated carbocycles. The Hall–Kier alpha value is -0.160. The van der Waals surface area contributed by atoms with E-state index >= 15 is 0 Å². The normalized spacial score (nSPS) is 26.8. The number of nitrogens with zero attached hydrogens (tertiary/aromatic N) is 1. The van der Waals surface area contributed by atoms with Crippen LogP contribution in [0.1, 0.15) is 34.1 Å². The summed E-state index contributed by atoms with van der Waals surface area (Å²) in [6.07, 6.45) is 1.59. The molecule has 0 aromatic carbocycles. The monoisotopic (exact) mass is 272 g/mol. The Labute approximate surface area is 118 Å². The fourth-order valence-corrected chi connectivity index (χ4v) is 2.64. The van der Waals surface area contributed by atoms with Crippen molar-refractivity contribution < 1.29 is 9.47 Å². The van der Waals surface area contributed by atoms with Gasteiger partial charge in [-0.3, -0.25) is 4.90 Å². The minimum Gasteiger partial charge on any atom is -0.377 e. The van der Waals surface area contributed by atoms with E-state index in [4.69, 9.17) is 9.47 Å². The maximum Gasteiger partial charge on any atom is 0.0971 e. The Bertz CT molecular complexity index is 241. The van der Waals surface area contributed by atoms with Gasteiger partial charge < -0.3 is 14.8 Å². The molecule has 1 N–H and O–H groups in total. The van der Waals surface area contributed by atoms with Crippen LogP contribution in [0.3, 0.4) is 0 Å². The standard InChI is InChI=1S/C15H32N2O2/c1-7-8-16-14(15(2,3)4)11-17-9-12(18-5)13(10-17)19-6/h12-14,16H,7-11H2,1-6H3. The van der Waals surface area contributed by atoms with Gasteiger partial charge in [-0.2, -0.15) is 0 Å². The largest absolute Gasteiger partial charge is 0.377 e. The molecule has 3 unspecified atom stereocenters. The second kappa shape index (κ2) is 7.58. The molecule has 0 bridgehead atoms. The lowest BCUT2D eigenvalue weighted by molar-refractivity contribution is -0.00461. The van der Waals surface area contributed by atoms with Gasteiger partial charge in [0.25, 0.3) is 0 Å². The van der Waals surface area contributed by atoms with Crippen LogP contribution in [0, 0.1) is 5.41 Å². The van der Waals surface area contributed by atoms with Gasteiger partial charge >= 0.3 is 0 Å². The highest BCUT2D eigenvalue weighted by Gasteiger charge is 2.35. The average Bonchev–Trinajstić information content (AvgIpc) is 2.75. The number of hydrogen-bond acceptors (Lipinski definition) is 4. The smallest absolute Gasteiger partial charge is 0.0971 e. The third-order valence-electron chi connectivity index (χ3n) is 4.02. The first-order chi connectivity index (χ1) is 8.92. The van der Waals surface area contributed by atoms with E-state index in [-0.39, 0.29) is 17.6 Å². The highest BCUT2D eigenvalue weighted by atomic mass is 16.5. The molecule has 0 radical (unpaired) electrons. The fraction of sp³-hybridized carbons (Fsp3) is 1.00. The topological polar surface area (TPSA) is 33.7 Å². The zero-order valence-corrected chi connectivity index (χ0v) is 13.5. The highest BCUT2D eigenvalue weighted by Crippen LogP contribution is 2.23. The molecule has 1 aliphatic rings. The Morgan fingerprint density at radius 1 is 1.16 bits per heavy atom. The van der Waals surface area contributed by atoms with E-state index in [0.29, 0.717) is 6.04 Å². The Morgan fingerprint density at radius 3 is 2.05 bits per heavy atom. The minimum absolute atomic E-state index is 0.205. The third kappa shape index (κ3) is 5.03. The number of ether oxygens (including phenoxy) is 2. The summed E-state index contributed by atoms with van der Waals surface area (Å²) in [5.74, 6) is 0. The van der Waals surface area contributed by atoms with Gasteiger partial charge in [0.2, 0.25) is 0 Å². The van der Waals surface area contributed by atoms with Gasteiger partial charge in [0.05, 0.1) is 12.2 Å². The summed E-state index contributed by atoms with van der Waals surface area (Å²) in [7, 11) is 3.55. The van der Waals surface area contributed by atoms with E-state index in [1.807, 2.05) is 0 Å². The first-order valence-corrected chi connectivity index (χ1v) is 7.43. The molecule has 114 valence electrons. The summed E-state index contributed by atoms with van der Waals surface area (Å²) in [4.78, 5) is 2.46. The molecular formula is C15H32N2O2. The van der Waals surface area contributed by atoms with Crippen LogP contribution in [-0.2, 0) is 9.47 Å². The number of hydrogen-bond donors (Lipinski definition) is 1. The number of nitrogens with one attached hydrogen (secondary N) is 1. The van der Waals surface area contributed by atoms with Crippen LogP contribution in [0.15, 0.2) is 0 Å². The van der Waals surface area contributed by atoms with E-state index < -0.39 is 0 Å². The van der Waals surface area contributed by atoms with Gasteiger partial charge in [-0.1, -0.05) is 27.7 Å². The van der Waals surface area contributed by atoms with Gasteiger partial charge in [0, 0.05) is 39.9 Å². The van der Waals surface area contributed by atoms with Gasteiger partial charge in [-0.15, -0.1) is 0 Å². The van der Waals surface area contributed by atoms with Gasteiger partial charge in [0.15, 0.2) is 0 Å². The van der Waals surface area contributed by atoms with E-state index in [0.717, 1.165) is 26.2 Å². The van der Waals surface area contributed by atoms with Crippen molar-refractivity contribution in [2.24, 2.45) is 5.41 Å². The van der Waals surface area contributed by atoms with Crippen molar-refractivity contribution in [2.45, 2.75) is 52.4 Å². The second-order valence-electron chi connectivity index (χ2n) is 6.64. The molecule has 0 spiro atoms. The summed E-state index contributed by atoms with van der Waals surface area (Å²) >= 11 is 0. The molecule has 3 atom stereocenters. The Morgan fingerprint density at radius 2 is 1.68 bits per heavy atom. The molecule has 4 heteroatoms. The maximum atomic E-state index is 5.51. The molecule has 0 amide bonds. The van der Waals surface area contributed by atoms with Gasteiger partial charge in [-0.05, 0) is 18.4 Å². The van der Waals surface area contributed by atoms with Crippen molar-refractivity contribution in [3.63, 3.8) is 0 Å². The summed E-state index contributed by atoms with van der Waals surface area (Å²) < 4.78 is 11.0. The molecule has 0 aromatic heterocycles. The van der Waals surface area contributed by atoms with E-state index in [1.54, 1.807) is 14.2 Å². The predicted molar refractivity (Wildman–Crippen MR) is 79.6 cm³/mol. The van der Waals surface area contributed by atoms with Gasteiger partial charge in [0.1, 0.15) is 0 Å². The molecule has 4 nitrogen and oxygen atoms in total. The molecule has 1 heterocycles. The SMILES string of the molecule is CCCNC(CN1CC(OC)C(OC)C1)C(C)(C)C. The second-order valence-corrected chi connectivity index (χ2v) is 6.64. The number of likely N-dealkylation sites (tertiary alicyclic amines) is 1. The van der Waals surface area contributed by atoms with Crippen LogP contribution in [0.2, 0.25) is 0 Å². The van der Waals surface area contributed by atoms with Gasteiger partial charge in [-0.25, -0.2) is 0 Å². The van der Waals surface area contributed by atoms with Crippen molar-refractivity contribution in [1.29, 1.82) is 0 Å². The fourth-order valence-electron chi connectivity index (χ4n) is 2.64. The predicted octanol–water partition coefficient (Wildman–Crippen LogP) is 1.75. The van der Waals surface area contributed by atoms with E-state index in [2.05, 4.69) is 37.9 Å². The van der Waals surface area contributed by atoms with Crippen LogP contribution in [0.5, 0.6) is 0 Å². The zero-order chi connectivity index (χ0) is 14.5. The molecule has 1 fully saturated rings. The lowest BCUT2D eigenvalue weighted by Gasteiger charge is -2.34. The Kier molecular flexibility index (Phi) is 6.74. The first kappa shape index (κ1) is 16.9. The van der Waals surface area contributed by atoms with Crippen LogP contribution in [0.25, 0.3) is 0 Å². The molecule has 0 aliphatic carbocycles. The van der Waals surface area contributed by atoms with Crippen molar-refractivity contribution in [3.05, 3.63) is 0 Å². The lowest BCUT2D eigenvalue weighted by atomic mass is 9.86.